The van der Waals surface area contributed by atoms with Crippen molar-refractivity contribution in [2.75, 3.05) is 33.3 Å². The van der Waals surface area contributed by atoms with Crippen LogP contribution in [0.4, 0.5) is 9.59 Å². The molecule has 1 aromatic rings. The molecule has 0 aliphatic carbocycles. The summed E-state index contributed by atoms with van der Waals surface area (Å²) < 4.78 is 35.5. The first-order valence-corrected chi connectivity index (χ1v) is 12.2. The molecule has 11 heteroatoms. The van der Waals surface area contributed by atoms with Crippen molar-refractivity contribution in [3.63, 3.8) is 0 Å². The zero-order chi connectivity index (χ0) is 24.6. The number of carbonyl (C=O) groups is 3. The van der Waals surface area contributed by atoms with Crippen molar-refractivity contribution < 1.29 is 31.7 Å². The lowest BCUT2D eigenvalue weighted by Crippen LogP contribution is -2.58. The van der Waals surface area contributed by atoms with Crippen molar-refractivity contribution in [2.45, 2.75) is 56.6 Å². The number of likely N-dealkylation sites (tertiary alicyclic amines) is 1. The van der Waals surface area contributed by atoms with E-state index in [1.54, 1.807) is 32.9 Å². The third-order valence-electron chi connectivity index (χ3n) is 5.84. The van der Waals surface area contributed by atoms with Crippen LogP contribution in [0.25, 0.3) is 0 Å². The summed E-state index contributed by atoms with van der Waals surface area (Å²) in [4.78, 5) is 42.1. The minimum atomic E-state index is -4.00. The van der Waals surface area contributed by atoms with Gasteiger partial charge in [-0.15, -0.1) is 0 Å². The average molecular weight is 482 g/mol. The van der Waals surface area contributed by atoms with E-state index in [1.165, 1.54) is 29.0 Å². The van der Waals surface area contributed by atoms with Crippen LogP contribution in [-0.2, 0) is 23.8 Å². The predicted octanol–water partition coefficient (Wildman–Crippen LogP) is 2.36. The Kier molecular flexibility index (Phi) is 6.77. The smallest absolute Gasteiger partial charge is 0.410 e. The van der Waals surface area contributed by atoms with E-state index in [1.807, 2.05) is 6.92 Å². The highest BCUT2D eigenvalue weighted by Gasteiger charge is 2.57. The van der Waals surface area contributed by atoms with Crippen LogP contribution in [0.2, 0.25) is 0 Å². The Balaban J connectivity index is 1.68. The van der Waals surface area contributed by atoms with Crippen molar-refractivity contribution in [1.82, 2.24) is 14.7 Å². The van der Waals surface area contributed by atoms with E-state index >= 15 is 0 Å². The maximum atomic E-state index is 13.0. The van der Waals surface area contributed by atoms with Gasteiger partial charge in [-0.2, -0.15) is 8.42 Å². The van der Waals surface area contributed by atoms with E-state index in [4.69, 9.17) is 8.92 Å². The van der Waals surface area contributed by atoms with Gasteiger partial charge in [-0.25, -0.2) is 9.59 Å². The Hall–Kier alpha value is -2.66. The number of urea groups is 1. The predicted molar refractivity (Wildman–Crippen MR) is 119 cm³/mol. The summed E-state index contributed by atoms with van der Waals surface area (Å²) in [5.74, 6) is -0.363. The summed E-state index contributed by atoms with van der Waals surface area (Å²) in [7, 11) is -2.60. The zero-order valence-electron chi connectivity index (χ0n) is 19.7. The molecule has 0 N–H and O–H groups in total. The molecule has 182 valence electrons. The standard InChI is InChI=1S/C22H31N3O7S/c1-16-6-8-17(9-7-16)33(29,30)31-15-14-25-19(27)23(5)18(26)22(25)10-12-24(13-11-22)20(28)32-21(2,3)4/h6-9H,10-15H2,1-5H3. The van der Waals surface area contributed by atoms with E-state index in [0.29, 0.717) is 0 Å². The highest BCUT2D eigenvalue weighted by molar-refractivity contribution is 7.86. The Bertz CT molecular complexity index is 1020. The molecule has 2 fully saturated rings. The molecule has 2 aliphatic heterocycles. The van der Waals surface area contributed by atoms with E-state index in [0.717, 1.165) is 10.5 Å². The lowest BCUT2D eigenvalue weighted by molar-refractivity contribution is -0.134. The summed E-state index contributed by atoms with van der Waals surface area (Å²) in [6, 6.07) is 5.73. The maximum absolute atomic E-state index is 13.0. The third kappa shape index (κ3) is 5.14. The second-order valence-electron chi connectivity index (χ2n) is 9.39. The molecule has 3 rings (SSSR count). The first-order chi connectivity index (χ1) is 15.3. The first kappa shape index (κ1) is 25.0. The summed E-state index contributed by atoms with van der Waals surface area (Å²) in [5.41, 5.74) is -0.864. The molecule has 0 unspecified atom stereocenters. The SMILES string of the molecule is Cc1ccc(S(=O)(=O)OCCN2C(=O)N(C)C(=O)C23CCN(C(=O)OC(C)(C)C)CC3)cc1. The van der Waals surface area contributed by atoms with Gasteiger partial charge in [0.15, 0.2) is 0 Å². The van der Waals surface area contributed by atoms with Crippen LogP contribution in [0, 0.1) is 6.92 Å². The van der Waals surface area contributed by atoms with Gasteiger partial charge in [0.25, 0.3) is 16.0 Å². The van der Waals surface area contributed by atoms with Crippen molar-refractivity contribution in [3.05, 3.63) is 29.8 Å². The average Bonchev–Trinajstić information content (AvgIpc) is 2.89. The van der Waals surface area contributed by atoms with Crippen molar-refractivity contribution in [3.8, 4) is 0 Å². The molecule has 33 heavy (non-hydrogen) atoms. The molecule has 4 amide bonds. The maximum Gasteiger partial charge on any atom is 0.410 e. The number of rotatable bonds is 5. The van der Waals surface area contributed by atoms with Crippen LogP contribution in [0.1, 0.15) is 39.2 Å². The Morgan fingerprint density at radius 2 is 1.67 bits per heavy atom. The fourth-order valence-corrected chi connectivity index (χ4v) is 4.97. The van der Waals surface area contributed by atoms with Gasteiger partial charge in [0.05, 0.1) is 11.5 Å². The van der Waals surface area contributed by atoms with Gasteiger partial charge >= 0.3 is 12.1 Å². The molecule has 1 spiro atoms. The molecular weight excluding hydrogens is 450 g/mol. The van der Waals surface area contributed by atoms with E-state index in [2.05, 4.69) is 0 Å². The monoisotopic (exact) mass is 481 g/mol. The van der Waals surface area contributed by atoms with Gasteiger partial charge < -0.3 is 14.5 Å². The number of hydrogen-bond donors (Lipinski definition) is 0. The summed E-state index contributed by atoms with van der Waals surface area (Å²) in [6.45, 7) is 7.27. The van der Waals surface area contributed by atoms with Crippen molar-refractivity contribution >= 4 is 28.1 Å². The van der Waals surface area contributed by atoms with Gasteiger partial charge in [0.2, 0.25) is 0 Å². The number of imide groups is 1. The third-order valence-corrected chi connectivity index (χ3v) is 7.17. The molecule has 0 aromatic heterocycles. The van der Waals surface area contributed by atoms with Gasteiger partial charge in [-0.1, -0.05) is 17.7 Å². The highest BCUT2D eigenvalue weighted by Crippen LogP contribution is 2.37. The number of carbonyl (C=O) groups excluding carboxylic acids is 3. The van der Waals surface area contributed by atoms with Gasteiger partial charge in [0.1, 0.15) is 11.1 Å². The summed E-state index contributed by atoms with van der Waals surface area (Å²) >= 11 is 0. The van der Waals surface area contributed by atoms with Crippen LogP contribution < -0.4 is 0 Å². The van der Waals surface area contributed by atoms with E-state index in [9.17, 15) is 22.8 Å². The molecule has 0 radical (unpaired) electrons. The largest absolute Gasteiger partial charge is 0.444 e. The van der Waals surface area contributed by atoms with E-state index < -0.39 is 33.4 Å². The lowest BCUT2D eigenvalue weighted by atomic mass is 9.86. The van der Waals surface area contributed by atoms with E-state index in [-0.39, 0.29) is 49.9 Å². The second kappa shape index (κ2) is 8.94. The van der Waals surface area contributed by atoms with Crippen molar-refractivity contribution in [2.24, 2.45) is 0 Å². The molecule has 1 aromatic carbocycles. The highest BCUT2D eigenvalue weighted by atomic mass is 32.2. The number of nitrogens with zero attached hydrogens (tertiary/aromatic N) is 3. The quantitative estimate of drug-likeness (QED) is 0.469. The minimum Gasteiger partial charge on any atom is -0.444 e. The van der Waals surface area contributed by atoms with Gasteiger partial charge in [0, 0.05) is 26.7 Å². The van der Waals surface area contributed by atoms with Gasteiger partial charge in [-0.3, -0.25) is 13.9 Å². The molecule has 2 aliphatic rings. The van der Waals surface area contributed by atoms with Crippen LogP contribution in [0.5, 0.6) is 0 Å². The molecule has 0 atom stereocenters. The first-order valence-electron chi connectivity index (χ1n) is 10.8. The van der Waals surface area contributed by atoms with Crippen molar-refractivity contribution in [1.29, 1.82) is 0 Å². The molecule has 0 saturated carbocycles. The Labute approximate surface area is 194 Å². The number of ether oxygens (including phenoxy) is 1. The summed E-state index contributed by atoms with van der Waals surface area (Å²) in [6.07, 6.45) is -0.0147. The van der Waals surface area contributed by atoms with Crippen LogP contribution >= 0.6 is 0 Å². The number of likely N-dealkylation sites (N-methyl/N-ethyl adjacent to an activating group) is 1. The number of piperidine rings is 1. The number of benzene rings is 1. The normalized spacial score (nSPS) is 18.9. The Morgan fingerprint density at radius 3 is 2.21 bits per heavy atom. The fraction of sp³-hybridized carbons (Fsp3) is 0.591. The van der Waals surface area contributed by atoms with Gasteiger partial charge in [-0.05, 0) is 52.7 Å². The zero-order valence-corrected chi connectivity index (χ0v) is 20.5. The molecule has 0 bridgehead atoms. The number of amides is 4. The molecule has 10 nitrogen and oxygen atoms in total. The lowest BCUT2D eigenvalue weighted by Gasteiger charge is -2.42. The second-order valence-corrected chi connectivity index (χ2v) is 11.0. The fourth-order valence-electron chi connectivity index (χ4n) is 4.07. The van der Waals surface area contributed by atoms with Crippen LogP contribution in [-0.4, -0.2) is 85.6 Å². The summed E-state index contributed by atoms with van der Waals surface area (Å²) in [5, 5.41) is 0. The Morgan fingerprint density at radius 1 is 1.09 bits per heavy atom. The molecular formula is C22H31N3O7S. The topological polar surface area (TPSA) is 114 Å². The number of aryl methyl sites for hydroxylation is 1. The molecule has 2 heterocycles. The van der Waals surface area contributed by atoms with Crippen LogP contribution in [0.3, 0.4) is 0 Å². The minimum absolute atomic E-state index is 0.0226. The molecule has 2 saturated heterocycles. The van der Waals surface area contributed by atoms with Crippen LogP contribution in [0.15, 0.2) is 29.2 Å². The number of hydrogen-bond acceptors (Lipinski definition) is 7.